The minimum Gasteiger partial charge on any atom is -0.481 e. The summed E-state index contributed by atoms with van der Waals surface area (Å²) >= 11 is 0. The molecule has 0 aliphatic rings. The Bertz CT molecular complexity index is 962. The molecule has 1 aromatic heterocycles. The number of nitrogens with one attached hydrogen (secondary N) is 1. The Balaban J connectivity index is 1.69. The van der Waals surface area contributed by atoms with Crippen LogP contribution in [0.15, 0.2) is 48.5 Å². The van der Waals surface area contributed by atoms with Crippen molar-refractivity contribution in [3.8, 4) is 0 Å². The number of carbonyl (C=O) groups is 2. The Morgan fingerprint density at radius 2 is 1.88 bits per heavy atom. The van der Waals surface area contributed by atoms with Crippen molar-refractivity contribution in [3.05, 3.63) is 65.5 Å². The molecule has 6 nitrogen and oxygen atoms in total. The van der Waals surface area contributed by atoms with Gasteiger partial charge in [-0.3, -0.25) is 14.3 Å². The van der Waals surface area contributed by atoms with Crippen LogP contribution in [0.3, 0.4) is 0 Å². The summed E-state index contributed by atoms with van der Waals surface area (Å²) < 4.78 is 1.49. The third-order valence-electron chi connectivity index (χ3n) is 4.39. The SMILES string of the molecule is Cc1cc(C(=O)NCC(Cc2ccc3ccccc3c2)C(=O)O)n(C)n1. The Labute approximate surface area is 151 Å². The average Bonchev–Trinajstić information content (AvgIpc) is 2.96. The maximum absolute atomic E-state index is 12.3. The largest absolute Gasteiger partial charge is 0.481 e. The average molecular weight is 351 g/mol. The number of hydrogen-bond acceptors (Lipinski definition) is 3. The van der Waals surface area contributed by atoms with Crippen LogP contribution in [0.2, 0.25) is 0 Å². The number of carboxylic acid groups (broad SMARTS) is 1. The zero-order valence-corrected chi connectivity index (χ0v) is 14.8. The second-order valence-corrected chi connectivity index (χ2v) is 6.43. The molecule has 0 aliphatic heterocycles. The van der Waals surface area contributed by atoms with Crippen LogP contribution in [0, 0.1) is 12.8 Å². The topological polar surface area (TPSA) is 84.2 Å². The highest BCUT2D eigenvalue weighted by Gasteiger charge is 2.20. The first-order chi connectivity index (χ1) is 12.4. The predicted octanol–water partition coefficient (Wildman–Crippen LogP) is 2.56. The molecular formula is C20H21N3O3. The van der Waals surface area contributed by atoms with Crippen LogP contribution in [0.25, 0.3) is 10.8 Å². The summed E-state index contributed by atoms with van der Waals surface area (Å²) in [5.74, 6) is -1.95. The number of nitrogens with zero attached hydrogens (tertiary/aromatic N) is 2. The van der Waals surface area contributed by atoms with E-state index >= 15 is 0 Å². The van der Waals surface area contributed by atoms with Crippen LogP contribution < -0.4 is 5.32 Å². The zero-order chi connectivity index (χ0) is 18.7. The summed E-state index contributed by atoms with van der Waals surface area (Å²) in [5.41, 5.74) is 2.09. The normalized spacial score (nSPS) is 12.1. The number of benzene rings is 2. The molecule has 0 bridgehead atoms. The molecule has 2 N–H and O–H groups in total. The number of amides is 1. The van der Waals surface area contributed by atoms with Crippen LogP contribution in [0.4, 0.5) is 0 Å². The number of carboxylic acids is 1. The molecule has 134 valence electrons. The van der Waals surface area contributed by atoms with Gasteiger partial charge in [0.05, 0.1) is 11.6 Å². The fourth-order valence-corrected chi connectivity index (χ4v) is 3.03. The van der Waals surface area contributed by atoms with Crippen LogP contribution in [-0.2, 0) is 18.3 Å². The minimum atomic E-state index is -0.931. The van der Waals surface area contributed by atoms with Gasteiger partial charge in [-0.05, 0) is 35.7 Å². The van der Waals surface area contributed by atoms with Crippen molar-refractivity contribution in [2.45, 2.75) is 13.3 Å². The fourth-order valence-electron chi connectivity index (χ4n) is 3.03. The van der Waals surface area contributed by atoms with E-state index in [-0.39, 0.29) is 12.5 Å². The predicted molar refractivity (Wildman–Crippen MR) is 99.1 cm³/mol. The van der Waals surface area contributed by atoms with Gasteiger partial charge in [0.2, 0.25) is 0 Å². The monoisotopic (exact) mass is 351 g/mol. The number of rotatable bonds is 6. The van der Waals surface area contributed by atoms with Crippen LogP contribution in [-0.4, -0.2) is 33.3 Å². The van der Waals surface area contributed by atoms with E-state index in [0.717, 1.165) is 22.0 Å². The molecule has 26 heavy (non-hydrogen) atoms. The van der Waals surface area contributed by atoms with Crippen molar-refractivity contribution < 1.29 is 14.7 Å². The summed E-state index contributed by atoms with van der Waals surface area (Å²) in [5, 5.41) is 18.5. The number of fused-ring (bicyclic) bond motifs is 1. The van der Waals surface area contributed by atoms with Gasteiger partial charge in [-0.2, -0.15) is 5.10 Å². The first-order valence-electron chi connectivity index (χ1n) is 8.43. The molecule has 0 spiro atoms. The van der Waals surface area contributed by atoms with Gasteiger partial charge in [-0.15, -0.1) is 0 Å². The van der Waals surface area contributed by atoms with E-state index in [9.17, 15) is 14.7 Å². The van der Waals surface area contributed by atoms with Gasteiger partial charge in [-0.1, -0.05) is 42.5 Å². The number of carbonyl (C=O) groups excluding carboxylic acids is 1. The summed E-state index contributed by atoms with van der Waals surface area (Å²) in [4.78, 5) is 23.9. The lowest BCUT2D eigenvalue weighted by molar-refractivity contribution is -0.141. The highest BCUT2D eigenvalue weighted by molar-refractivity contribution is 5.93. The molecule has 6 heteroatoms. The van der Waals surface area contributed by atoms with Crippen LogP contribution in [0.1, 0.15) is 21.7 Å². The maximum atomic E-state index is 12.3. The summed E-state index contributed by atoms with van der Waals surface area (Å²) in [6.07, 6.45) is 0.352. The van der Waals surface area contributed by atoms with Crippen LogP contribution >= 0.6 is 0 Å². The molecule has 2 aromatic carbocycles. The van der Waals surface area contributed by atoms with Gasteiger partial charge >= 0.3 is 5.97 Å². The summed E-state index contributed by atoms with van der Waals surface area (Å²) in [6.45, 7) is 1.86. The minimum absolute atomic E-state index is 0.0607. The zero-order valence-electron chi connectivity index (χ0n) is 14.8. The van der Waals surface area contributed by atoms with Crippen molar-refractivity contribution in [1.29, 1.82) is 0 Å². The molecule has 3 aromatic rings. The van der Waals surface area contributed by atoms with E-state index in [1.807, 2.05) is 42.5 Å². The molecule has 0 saturated heterocycles. The summed E-state index contributed by atoms with van der Waals surface area (Å²) in [6, 6.07) is 15.5. The molecule has 3 rings (SSSR count). The molecule has 0 radical (unpaired) electrons. The van der Waals surface area contributed by atoms with Gasteiger partial charge in [0, 0.05) is 13.6 Å². The van der Waals surface area contributed by atoms with Gasteiger partial charge in [0.15, 0.2) is 0 Å². The van der Waals surface area contributed by atoms with E-state index < -0.39 is 11.9 Å². The van der Waals surface area contributed by atoms with Crippen molar-refractivity contribution >= 4 is 22.6 Å². The molecule has 0 aliphatic carbocycles. The third kappa shape index (κ3) is 3.91. The fraction of sp³-hybridized carbons (Fsp3) is 0.250. The number of hydrogen-bond donors (Lipinski definition) is 2. The van der Waals surface area contributed by atoms with E-state index in [1.54, 1.807) is 20.0 Å². The van der Waals surface area contributed by atoms with Crippen molar-refractivity contribution in [2.75, 3.05) is 6.54 Å². The number of aliphatic carboxylic acids is 1. The molecule has 1 atom stereocenters. The molecular weight excluding hydrogens is 330 g/mol. The van der Waals surface area contributed by atoms with Crippen molar-refractivity contribution in [1.82, 2.24) is 15.1 Å². The lowest BCUT2D eigenvalue weighted by atomic mass is 9.97. The van der Waals surface area contributed by atoms with E-state index in [4.69, 9.17) is 0 Å². The van der Waals surface area contributed by atoms with E-state index in [0.29, 0.717) is 12.1 Å². The van der Waals surface area contributed by atoms with Crippen molar-refractivity contribution in [2.24, 2.45) is 13.0 Å². The quantitative estimate of drug-likeness (QED) is 0.715. The molecule has 1 heterocycles. The van der Waals surface area contributed by atoms with Gasteiger partial charge in [0.1, 0.15) is 5.69 Å². The van der Waals surface area contributed by atoms with Crippen molar-refractivity contribution in [3.63, 3.8) is 0 Å². The number of aromatic nitrogens is 2. The molecule has 1 amide bonds. The molecule has 0 saturated carbocycles. The third-order valence-corrected chi connectivity index (χ3v) is 4.39. The second kappa shape index (κ2) is 7.39. The van der Waals surface area contributed by atoms with Gasteiger partial charge in [-0.25, -0.2) is 0 Å². The van der Waals surface area contributed by atoms with Gasteiger partial charge < -0.3 is 10.4 Å². The highest BCUT2D eigenvalue weighted by Crippen LogP contribution is 2.18. The Kier molecular flexibility index (Phi) is 5.02. The Morgan fingerprint density at radius 3 is 2.54 bits per heavy atom. The first-order valence-corrected chi connectivity index (χ1v) is 8.43. The number of aryl methyl sites for hydroxylation is 2. The lowest BCUT2D eigenvalue weighted by Crippen LogP contribution is -2.35. The lowest BCUT2D eigenvalue weighted by Gasteiger charge is -2.14. The smallest absolute Gasteiger partial charge is 0.308 e. The van der Waals surface area contributed by atoms with Gasteiger partial charge in [0.25, 0.3) is 5.91 Å². The first kappa shape index (κ1) is 17.7. The summed E-state index contributed by atoms with van der Waals surface area (Å²) in [7, 11) is 1.69. The highest BCUT2D eigenvalue weighted by atomic mass is 16.4. The van der Waals surface area contributed by atoms with Crippen LogP contribution in [0.5, 0.6) is 0 Å². The maximum Gasteiger partial charge on any atom is 0.308 e. The molecule has 1 unspecified atom stereocenters. The second-order valence-electron chi connectivity index (χ2n) is 6.43. The molecule has 0 fully saturated rings. The standard InChI is InChI=1S/C20H21N3O3/c1-13-9-18(23(2)22-13)19(24)21-12-17(20(25)26)11-14-7-8-15-5-3-4-6-16(15)10-14/h3-10,17H,11-12H2,1-2H3,(H,21,24)(H,25,26). The Morgan fingerprint density at radius 1 is 1.15 bits per heavy atom. The van der Waals surface area contributed by atoms with E-state index in [2.05, 4.69) is 10.4 Å². The Hall–Kier alpha value is -3.15. The van der Waals surface area contributed by atoms with E-state index in [1.165, 1.54) is 4.68 Å².